The van der Waals surface area contributed by atoms with Crippen LogP contribution < -0.4 is 0 Å². The van der Waals surface area contributed by atoms with Gasteiger partial charge in [-0.2, -0.15) is 0 Å². The molecular formula is C12H22OS. The van der Waals surface area contributed by atoms with Crippen LogP contribution in [0.4, 0.5) is 0 Å². The van der Waals surface area contributed by atoms with Gasteiger partial charge in [0.15, 0.2) is 0 Å². The minimum absolute atomic E-state index is 0.833. The summed E-state index contributed by atoms with van der Waals surface area (Å²) in [5.41, 5.74) is 1.41. The number of hydrogen-bond acceptors (Lipinski definition) is 2. The molecule has 0 N–H and O–H groups in total. The van der Waals surface area contributed by atoms with Crippen molar-refractivity contribution in [2.45, 2.75) is 47.6 Å². The van der Waals surface area contributed by atoms with E-state index < -0.39 is 0 Å². The van der Waals surface area contributed by atoms with Crippen molar-refractivity contribution in [1.82, 2.24) is 0 Å². The Morgan fingerprint density at radius 3 is 2.43 bits per heavy atom. The molecule has 1 aromatic heterocycles. The van der Waals surface area contributed by atoms with Gasteiger partial charge < -0.3 is 4.74 Å². The van der Waals surface area contributed by atoms with Crippen molar-refractivity contribution in [3.63, 3.8) is 0 Å². The van der Waals surface area contributed by atoms with Gasteiger partial charge in [-0.15, -0.1) is 11.3 Å². The quantitative estimate of drug-likeness (QED) is 0.629. The zero-order chi connectivity index (χ0) is 11.0. The molecule has 1 aromatic rings. The van der Waals surface area contributed by atoms with E-state index in [4.69, 9.17) is 4.74 Å². The molecule has 0 aromatic carbocycles. The Hall–Kier alpha value is -0.340. The lowest BCUT2D eigenvalue weighted by atomic mass is 10.2. The van der Waals surface area contributed by atoms with Crippen LogP contribution in [0, 0.1) is 6.92 Å². The van der Waals surface area contributed by atoms with E-state index in [1.54, 1.807) is 0 Å². The Morgan fingerprint density at radius 2 is 1.86 bits per heavy atom. The highest BCUT2D eigenvalue weighted by molar-refractivity contribution is 7.12. The van der Waals surface area contributed by atoms with Crippen LogP contribution in [0.15, 0.2) is 6.07 Å². The third-order valence-corrected chi connectivity index (χ3v) is 2.90. The first kappa shape index (κ1) is 13.7. The van der Waals surface area contributed by atoms with E-state index in [1.807, 2.05) is 39.0 Å². The number of aryl methyl sites for hydroxylation is 1. The molecule has 0 saturated heterocycles. The first-order valence-electron chi connectivity index (χ1n) is 5.52. The lowest BCUT2D eigenvalue weighted by molar-refractivity contribution is 0.112. The molecule has 0 unspecified atom stereocenters. The minimum Gasteiger partial charge on any atom is -0.376 e. The molecule has 14 heavy (non-hydrogen) atoms. The number of ether oxygens (including phenoxy) is 1. The fourth-order valence-electron chi connectivity index (χ4n) is 1.30. The lowest BCUT2D eigenvalue weighted by Crippen LogP contribution is -2.05. The van der Waals surface area contributed by atoms with Crippen LogP contribution in [0.5, 0.6) is 0 Å². The molecule has 0 bridgehead atoms. The standard InChI is InChI=1S/C8H10OS.2C2H6/c1-6-4-7-5-9-3-2-8(7)10-6;2*1-2/h4H,2-3,5H2,1H3;2*1-2H3. The molecule has 1 aliphatic rings. The van der Waals surface area contributed by atoms with Gasteiger partial charge in [0.1, 0.15) is 0 Å². The molecule has 0 spiro atoms. The highest BCUT2D eigenvalue weighted by Gasteiger charge is 2.11. The van der Waals surface area contributed by atoms with E-state index in [0.717, 1.165) is 19.6 Å². The summed E-state index contributed by atoms with van der Waals surface area (Å²) in [4.78, 5) is 2.94. The molecule has 2 heteroatoms. The number of fused-ring (bicyclic) bond motifs is 1. The van der Waals surface area contributed by atoms with Crippen molar-refractivity contribution in [1.29, 1.82) is 0 Å². The average molecular weight is 214 g/mol. The summed E-state index contributed by atoms with van der Waals surface area (Å²) in [7, 11) is 0. The summed E-state index contributed by atoms with van der Waals surface area (Å²) in [5, 5.41) is 0. The van der Waals surface area contributed by atoms with Crippen molar-refractivity contribution in [2.75, 3.05) is 6.61 Å². The highest BCUT2D eigenvalue weighted by atomic mass is 32.1. The van der Waals surface area contributed by atoms with Gasteiger partial charge in [0.25, 0.3) is 0 Å². The molecule has 2 rings (SSSR count). The Labute approximate surface area is 92.1 Å². The summed E-state index contributed by atoms with van der Waals surface area (Å²) < 4.78 is 5.32. The second-order valence-electron chi connectivity index (χ2n) is 2.61. The van der Waals surface area contributed by atoms with Crippen LogP contribution >= 0.6 is 11.3 Å². The molecule has 82 valence electrons. The molecule has 0 amide bonds. The smallest absolute Gasteiger partial charge is 0.0727 e. The Morgan fingerprint density at radius 1 is 1.21 bits per heavy atom. The topological polar surface area (TPSA) is 9.23 Å². The maximum Gasteiger partial charge on any atom is 0.0727 e. The molecule has 2 heterocycles. The molecule has 0 radical (unpaired) electrons. The van der Waals surface area contributed by atoms with E-state index in [2.05, 4.69) is 13.0 Å². The fraction of sp³-hybridized carbons (Fsp3) is 0.667. The van der Waals surface area contributed by atoms with Gasteiger partial charge in [0.05, 0.1) is 13.2 Å². The van der Waals surface area contributed by atoms with E-state index in [-0.39, 0.29) is 0 Å². The maximum atomic E-state index is 5.32. The summed E-state index contributed by atoms with van der Waals surface area (Å²) in [6.07, 6.45) is 1.12. The van der Waals surface area contributed by atoms with Crippen LogP contribution in [0.3, 0.4) is 0 Å². The molecule has 0 saturated carbocycles. The van der Waals surface area contributed by atoms with E-state index in [1.165, 1.54) is 15.3 Å². The van der Waals surface area contributed by atoms with Gasteiger partial charge >= 0.3 is 0 Å². The molecule has 1 nitrogen and oxygen atoms in total. The van der Waals surface area contributed by atoms with Gasteiger partial charge in [-0.3, -0.25) is 0 Å². The first-order valence-corrected chi connectivity index (χ1v) is 6.34. The van der Waals surface area contributed by atoms with Gasteiger partial charge in [-0.25, -0.2) is 0 Å². The summed E-state index contributed by atoms with van der Waals surface area (Å²) in [5.74, 6) is 0. The lowest BCUT2D eigenvalue weighted by Gasteiger charge is -2.10. The van der Waals surface area contributed by atoms with Crippen LogP contribution in [0.2, 0.25) is 0 Å². The number of rotatable bonds is 0. The predicted octanol–water partition coefficient (Wildman–Crippen LogP) is 4.18. The zero-order valence-corrected chi connectivity index (χ0v) is 10.8. The number of hydrogen-bond donors (Lipinski definition) is 0. The SMILES string of the molecule is CC.CC.Cc1cc2c(s1)CCOC2. The molecular weight excluding hydrogens is 192 g/mol. The average Bonchev–Trinajstić information content (AvgIpc) is 2.64. The van der Waals surface area contributed by atoms with Crippen molar-refractivity contribution in [3.05, 3.63) is 21.4 Å². The Kier molecular flexibility index (Phi) is 7.81. The first-order chi connectivity index (χ1) is 6.86. The van der Waals surface area contributed by atoms with Crippen LogP contribution in [0.1, 0.15) is 43.0 Å². The highest BCUT2D eigenvalue weighted by Crippen LogP contribution is 2.25. The number of thiophene rings is 1. The van der Waals surface area contributed by atoms with Gasteiger partial charge in [0, 0.05) is 16.2 Å². The second-order valence-corrected chi connectivity index (χ2v) is 3.95. The molecule has 0 aliphatic carbocycles. The molecule has 0 fully saturated rings. The van der Waals surface area contributed by atoms with Gasteiger partial charge in [0.2, 0.25) is 0 Å². The molecule has 0 atom stereocenters. The minimum atomic E-state index is 0.833. The van der Waals surface area contributed by atoms with Crippen molar-refractivity contribution >= 4 is 11.3 Å². The van der Waals surface area contributed by atoms with Crippen LogP contribution in [-0.2, 0) is 17.8 Å². The summed E-state index contributed by atoms with van der Waals surface area (Å²) >= 11 is 1.91. The van der Waals surface area contributed by atoms with Crippen molar-refractivity contribution in [3.8, 4) is 0 Å². The summed E-state index contributed by atoms with van der Waals surface area (Å²) in [6.45, 7) is 11.9. The summed E-state index contributed by atoms with van der Waals surface area (Å²) in [6, 6.07) is 2.24. The van der Waals surface area contributed by atoms with Crippen LogP contribution in [0.25, 0.3) is 0 Å². The molecule has 1 aliphatic heterocycles. The third kappa shape index (κ3) is 3.81. The zero-order valence-electron chi connectivity index (χ0n) is 10.0. The van der Waals surface area contributed by atoms with Crippen LogP contribution in [-0.4, -0.2) is 6.61 Å². The maximum absolute atomic E-state index is 5.32. The normalized spacial score (nSPS) is 12.9. The third-order valence-electron chi connectivity index (χ3n) is 1.75. The van der Waals surface area contributed by atoms with Crippen molar-refractivity contribution < 1.29 is 4.74 Å². The van der Waals surface area contributed by atoms with Gasteiger partial charge in [-0.1, -0.05) is 27.7 Å². The predicted molar refractivity (Wildman–Crippen MR) is 65.1 cm³/mol. The monoisotopic (exact) mass is 214 g/mol. The second kappa shape index (κ2) is 8.01. The van der Waals surface area contributed by atoms with E-state index in [9.17, 15) is 0 Å². The Balaban J connectivity index is 0.000000379. The fourth-order valence-corrected chi connectivity index (χ4v) is 2.32. The van der Waals surface area contributed by atoms with Crippen molar-refractivity contribution in [2.24, 2.45) is 0 Å². The largest absolute Gasteiger partial charge is 0.376 e. The Bertz CT molecular complexity index is 217. The van der Waals surface area contributed by atoms with E-state index >= 15 is 0 Å². The van der Waals surface area contributed by atoms with E-state index in [0.29, 0.717) is 0 Å². The van der Waals surface area contributed by atoms with Gasteiger partial charge in [-0.05, 0) is 18.6 Å².